The van der Waals surface area contributed by atoms with Gasteiger partial charge in [0.05, 0.1) is 22.3 Å². The van der Waals surface area contributed by atoms with Gasteiger partial charge in [0, 0.05) is 11.0 Å². The maximum atomic E-state index is 14.5. The Kier molecular flexibility index (Phi) is 6.10. The molecule has 4 nitrogen and oxygen atoms in total. The van der Waals surface area contributed by atoms with Crippen LogP contribution in [0.4, 0.5) is 14.5 Å². The number of hydrogen-bond donors (Lipinski definition) is 0. The summed E-state index contributed by atoms with van der Waals surface area (Å²) in [5.74, 6) is -2.41. The van der Waals surface area contributed by atoms with Gasteiger partial charge in [0.2, 0.25) is 0 Å². The second-order valence-corrected chi connectivity index (χ2v) is 8.44. The van der Waals surface area contributed by atoms with Crippen molar-refractivity contribution in [1.29, 1.82) is 0 Å². The monoisotopic (exact) mass is 451 g/mol. The van der Waals surface area contributed by atoms with Gasteiger partial charge in [-0.15, -0.1) is 0 Å². The fourth-order valence-corrected chi connectivity index (χ4v) is 4.33. The Labute approximate surface area is 188 Å². The second kappa shape index (κ2) is 8.96. The maximum absolute atomic E-state index is 14.5. The van der Waals surface area contributed by atoms with Crippen molar-refractivity contribution in [3.05, 3.63) is 94.9 Å². The zero-order chi connectivity index (χ0) is 22.8. The quantitative estimate of drug-likeness (QED) is 0.443. The largest absolute Gasteiger partial charge is 0.491 e. The summed E-state index contributed by atoms with van der Waals surface area (Å²) in [7, 11) is 0. The summed E-state index contributed by atoms with van der Waals surface area (Å²) < 4.78 is 33.9. The van der Waals surface area contributed by atoms with Crippen molar-refractivity contribution in [1.82, 2.24) is 0 Å². The average molecular weight is 451 g/mol. The van der Waals surface area contributed by atoms with Crippen molar-refractivity contribution in [2.45, 2.75) is 24.8 Å². The van der Waals surface area contributed by atoms with E-state index >= 15 is 0 Å². The van der Waals surface area contributed by atoms with Gasteiger partial charge in [-0.3, -0.25) is 9.59 Å². The van der Waals surface area contributed by atoms with Crippen LogP contribution in [0.1, 0.15) is 19.4 Å². The first-order valence-corrected chi connectivity index (χ1v) is 10.7. The van der Waals surface area contributed by atoms with E-state index < -0.39 is 29.1 Å². The fraction of sp³-hybridized carbons (Fsp3) is 0.120. The topological polar surface area (TPSA) is 46.6 Å². The van der Waals surface area contributed by atoms with E-state index in [0.29, 0.717) is 16.2 Å². The highest BCUT2D eigenvalue weighted by Gasteiger charge is 2.41. The van der Waals surface area contributed by atoms with E-state index in [4.69, 9.17) is 4.74 Å². The van der Waals surface area contributed by atoms with Crippen LogP contribution in [0.5, 0.6) is 5.75 Å². The first-order valence-electron chi connectivity index (χ1n) is 9.93. The Morgan fingerprint density at radius 3 is 2.22 bits per heavy atom. The van der Waals surface area contributed by atoms with Crippen LogP contribution in [0.3, 0.4) is 0 Å². The van der Waals surface area contributed by atoms with Gasteiger partial charge >= 0.3 is 0 Å². The van der Waals surface area contributed by atoms with Crippen LogP contribution in [-0.2, 0) is 9.59 Å². The molecule has 0 atom stereocenters. The molecule has 0 aliphatic carbocycles. The number of carbonyl (C=O) groups is 2. The van der Waals surface area contributed by atoms with Crippen LogP contribution in [0.25, 0.3) is 5.57 Å². The molecule has 32 heavy (non-hydrogen) atoms. The molecular formula is C25H19F2NO3S. The number of thioether (sulfide) groups is 1. The molecule has 0 N–H and O–H groups in total. The number of rotatable bonds is 6. The third-order valence-corrected chi connectivity index (χ3v) is 5.76. The van der Waals surface area contributed by atoms with Crippen LogP contribution in [0, 0.1) is 11.6 Å². The predicted molar refractivity (Wildman–Crippen MR) is 120 cm³/mol. The van der Waals surface area contributed by atoms with E-state index in [2.05, 4.69) is 0 Å². The molecule has 3 aromatic carbocycles. The van der Waals surface area contributed by atoms with E-state index in [1.165, 1.54) is 0 Å². The molecule has 0 saturated heterocycles. The molecule has 1 aliphatic rings. The van der Waals surface area contributed by atoms with Gasteiger partial charge in [-0.05, 0) is 55.8 Å². The molecule has 0 aromatic heterocycles. The lowest BCUT2D eigenvalue weighted by Crippen LogP contribution is -2.32. The van der Waals surface area contributed by atoms with E-state index in [1.54, 1.807) is 36.4 Å². The van der Waals surface area contributed by atoms with Crippen molar-refractivity contribution < 1.29 is 23.1 Å². The number of hydrogen-bond acceptors (Lipinski definition) is 4. The van der Waals surface area contributed by atoms with Crippen molar-refractivity contribution in [3.63, 3.8) is 0 Å². The fourth-order valence-electron chi connectivity index (χ4n) is 3.31. The Morgan fingerprint density at radius 2 is 1.56 bits per heavy atom. The number of halogens is 2. The Morgan fingerprint density at radius 1 is 0.875 bits per heavy atom. The lowest BCUT2D eigenvalue weighted by atomic mass is 10.1. The number of amides is 2. The number of anilines is 1. The minimum absolute atomic E-state index is 0.0228. The van der Waals surface area contributed by atoms with Gasteiger partial charge in [0.1, 0.15) is 17.4 Å². The highest BCUT2D eigenvalue weighted by Crippen LogP contribution is 2.42. The maximum Gasteiger partial charge on any atom is 0.273 e. The summed E-state index contributed by atoms with van der Waals surface area (Å²) in [5, 5.41) is 0. The van der Waals surface area contributed by atoms with E-state index in [9.17, 15) is 18.4 Å². The number of carbonyl (C=O) groups excluding carboxylic acids is 2. The average Bonchev–Trinajstić information content (AvgIpc) is 3.00. The lowest BCUT2D eigenvalue weighted by molar-refractivity contribution is -0.119. The smallest absolute Gasteiger partial charge is 0.273 e. The highest BCUT2D eigenvalue weighted by atomic mass is 32.2. The third-order valence-electron chi connectivity index (χ3n) is 4.67. The SMILES string of the molecule is CC(C)Oc1ccc(C2=C(Sc3ccccc3)C(=O)N(c3cc(F)ccc3F)C2=O)cc1. The van der Waals surface area contributed by atoms with E-state index in [-0.39, 0.29) is 16.6 Å². The van der Waals surface area contributed by atoms with Gasteiger partial charge in [-0.2, -0.15) is 0 Å². The summed E-state index contributed by atoms with van der Waals surface area (Å²) >= 11 is 1.11. The van der Waals surface area contributed by atoms with Crippen LogP contribution in [0.15, 0.2) is 82.6 Å². The number of ether oxygens (including phenoxy) is 1. The molecule has 0 bridgehead atoms. The van der Waals surface area contributed by atoms with Crippen molar-refractivity contribution in [2.24, 2.45) is 0 Å². The Balaban J connectivity index is 1.80. The van der Waals surface area contributed by atoms with Crippen LogP contribution < -0.4 is 9.64 Å². The van der Waals surface area contributed by atoms with Gasteiger partial charge < -0.3 is 4.74 Å². The molecule has 4 rings (SSSR count). The first kappa shape index (κ1) is 21.8. The molecule has 0 spiro atoms. The lowest BCUT2D eigenvalue weighted by Gasteiger charge is -2.16. The van der Waals surface area contributed by atoms with E-state index in [1.807, 2.05) is 32.0 Å². The van der Waals surface area contributed by atoms with Crippen molar-refractivity contribution >= 4 is 34.8 Å². The second-order valence-electron chi connectivity index (χ2n) is 7.35. The first-order chi connectivity index (χ1) is 15.3. The molecule has 0 radical (unpaired) electrons. The predicted octanol–water partition coefficient (Wildman–Crippen LogP) is 5.83. The van der Waals surface area contributed by atoms with Gasteiger partial charge in [-0.25, -0.2) is 13.7 Å². The molecular weight excluding hydrogens is 432 g/mol. The van der Waals surface area contributed by atoms with E-state index in [0.717, 1.165) is 34.9 Å². The molecule has 1 aliphatic heterocycles. The molecule has 162 valence electrons. The van der Waals surface area contributed by atoms with Gasteiger partial charge in [0.25, 0.3) is 11.8 Å². The minimum Gasteiger partial charge on any atom is -0.491 e. The normalized spacial score (nSPS) is 14.0. The molecule has 0 unspecified atom stereocenters. The standard InChI is InChI=1S/C25H19F2NO3S/c1-15(2)31-18-11-8-16(9-12-18)22-23(32-19-6-4-3-5-7-19)25(30)28(24(22)29)21-14-17(26)10-13-20(21)27/h3-15H,1-2H3. The summed E-state index contributed by atoms with van der Waals surface area (Å²) in [6.45, 7) is 3.80. The van der Waals surface area contributed by atoms with Crippen LogP contribution >= 0.6 is 11.8 Å². The Bertz CT molecular complexity index is 1210. The number of benzene rings is 3. The molecule has 0 saturated carbocycles. The summed E-state index contributed by atoms with van der Waals surface area (Å²) in [4.78, 5) is 28.2. The highest BCUT2D eigenvalue weighted by molar-refractivity contribution is 8.04. The summed E-state index contributed by atoms with van der Waals surface area (Å²) in [6, 6.07) is 18.5. The molecule has 0 fully saturated rings. The van der Waals surface area contributed by atoms with Crippen LogP contribution in [0.2, 0.25) is 0 Å². The third kappa shape index (κ3) is 4.29. The van der Waals surface area contributed by atoms with Crippen LogP contribution in [-0.4, -0.2) is 17.9 Å². The minimum atomic E-state index is -0.862. The number of nitrogens with zero attached hydrogens (tertiary/aromatic N) is 1. The number of imide groups is 1. The Hall–Kier alpha value is -3.45. The van der Waals surface area contributed by atoms with Gasteiger partial charge in [-0.1, -0.05) is 42.1 Å². The molecule has 7 heteroatoms. The van der Waals surface area contributed by atoms with Gasteiger partial charge in [0.15, 0.2) is 0 Å². The molecule has 3 aromatic rings. The molecule has 1 heterocycles. The molecule has 2 amide bonds. The zero-order valence-electron chi connectivity index (χ0n) is 17.3. The summed E-state index contributed by atoms with van der Waals surface area (Å²) in [6.07, 6.45) is -0.0228. The van der Waals surface area contributed by atoms with Crippen molar-refractivity contribution in [3.8, 4) is 5.75 Å². The zero-order valence-corrected chi connectivity index (χ0v) is 18.2. The summed E-state index contributed by atoms with van der Waals surface area (Å²) in [5.41, 5.74) is 0.196. The van der Waals surface area contributed by atoms with Crippen molar-refractivity contribution in [2.75, 3.05) is 4.90 Å².